The highest BCUT2D eigenvalue weighted by molar-refractivity contribution is 5.90. The summed E-state index contributed by atoms with van der Waals surface area (Å²) < 4.78 is 12.0. The van der Waals surface area contributed by atoms with Crippen LogP contribution in [0.5, 0.6) is 0 Å². The molecule has 0 aliphatic heterocycles. The van der Waals surface area contributed by atoms with Crippen molar-refractivity contribution < 1.29 is 18.7 Å². The fraction of sp³-hybridized carbons (Fsp3) is 0.286. The number of amides is 1. The summed E-state index contributed by atoms with van der Waals surface area (Å²) in [6.07, 6.45) is 1.41. The predicted octanol–water partition coefficient (Wildman–Crippen LogP) is 2.92. The number of hydrogen-bond acceptors (Lipinski definition) is 5. The molecule has 7 heteroatoms. The highest BCUT2D eigenvalue weighted by Gasteiger charge is 2.17. The molecule has 2 heterocycles. The molecule has 0 unspecified atom stereocenters. The van der Waals surface area contributed by atoms with Crippen LogP contribution >= 0.6 is 0 Å². The lowest BCUT2D eigenvalue weighted by Gasteiger charge is -2.08. The van der Waals surface area contributed by atoms with E-state index in [1.807, 2.05) is 48.9 Å². The van der Waals surface area contributed by atoms with Crippen LogP contribution in [0.15, 0.2) is 47.1 Å². The molecule has 2 aromatic heterocycles. The maximum atomic E-state index is 12.0. The number of aromatic nitrogens is 2. The van der Waals surface area contributed by atoms with Crippen molar-refractivity contribution in [2.75, 3.05) is 6.61 Å². The third kappa shape index (κ3) is 4.49. The zero-order valence-electron chi connectivity index (χ0n) is 16.2. The van der Waals surface area contributed by atoms with E-state index in [1.165, 1.54) is 6.26 Å². The number of hydrogen-bond donors (Lipinski definition) is 1. The number of rotatable bonds is 7. The minimum atomic E-state index is -0.652. The number of benzene rings is 1. The monoisotopic (exact) mass is 381 g/mol. The number of nitrogens with zero attached hydrogens (tertiary/aromatic N) is 2. The van der Waals surface area contributed by atoms with Gasteiger partial charge in [0, 0.05) is 23.4 Å². The minimum Gasteiger partial charge on any atom is -0.457 e. The van der Waals surface area contributed by atoms with Crippen molar-refractivity contribution in [3.05, 3.63) is 76.5 Å². The SMILES string of the molecule is Cc1ccoc1C(=O)OCC(=O)NCc1c(C)nn(Cc2ccccc2)c1C. The van der Waals surface area contributed by atoms with Crippen LogP contribution in [-0.4, -0.2) is 28.3 Å². The summed E-state index contributed by atoms with van der Waals surface area (Å²) in [5, 5.41) is 7.34. The normalized spacial score (nSPS) is 10.7. The lowest BCUT2D eigenvalue weighted by Crippen LogP contribution is -2.28. The topological polar surface area (TPSA) is 86.4 Å². The average molecular weight is 381 g/mol. The van der Waals surface area contributed by atoms with Gasteiger partial charge in [-0.05, 0) is 32.4 Å². The van der Waals surface area contributed by atoms with Gasteiger partial charge >= 0.3 is 5.97 Å². The molecule has 3 rings (SSSR count). The summed E-state index contributed by atoms with van der Waals surface area (Å²) in [5.41, 5.74) is 4.63. The molecule has 0 fully saturated rings. The molecule has 0 aliphatic carbocycles. The number of carbonyl (C=O) groups is 2. The molecule has 0 saturated carbocycles. The number of furan rings is 1. The second kappa shape index (κ2) is 8.56. The largest absolute Gasteiger partial charge is 0.457 e. The Labute approximate surface area is 163 Å². The number of aryl methyl sites for hydroxylation is 2. The van der Waals surface area contributed by atoms with Gasteiger partial charge in [0.2, 0.25) is 5.76 Å². The van der Waals surface area contributed by atoms with Crippen LogP contribution in [0.4, 0.5) is 0 Å². The predicted molar refractivity (Wildman–Crippen MR) is 103 cm³/mol. The maximum absolute atomic E-state index is 12.0. The van der Waals surface area contributed by atoms with Crippen LogP contribution in [0.1, 0.15) is 38.6 Å². The van der Waals surface area contributed by atoms with Crippen LogP contribution in [-0.2, 0) is 22.6 Å². The van der Waals surface area contributed by atoms with E-state index in [0.717, 1.165) is 22.5 Å². The maximum Gasteiger partial charge on any atom is 0.375 e. The quantitative estimate of drug-likeness (QED) is 0.636. The Kier molecular flexibility index (Phi) is 5.93. The van der Waals surface area contributed by atoms with E-state index in [4.69, 9.17) is 9.15 Å². The Hall–Kier alpha value is -3.35. The van der Waals surface area contributed by atoms with Gasteiger partial charge in [0.1, 0.15) is 0 Å². The molecule has 1 amide bonds. The summed E-state index contributed by atoms with van der Waals surface area (Å²) in [7, 11) is 0. The highest BCUT2D eigenvalue weighted by Crippen LogP contribution is 2.15. The van der Waals surface area contributed by atoms with Gasteiger partial charge in [0.25, 0.3) is 5.91 Å². The molecular weight excluding hydrogens is 358 g/mol. The third-order valence-electron chi connectivity index (χ3n) is 4.55. The van der Waals surface area contributed by atoms with E-state index in [2.05, 4.69) is 10.4 Å². The van der Waals surface area contributed by atoms with Crippen LogP contribution < -0.4 is 5.32 Å². The van der Waals surface area contributed by atoms with Crippen molar-refractivity contribution in [2.24, 2.45) is 0 Å². The van der Waals surface area contributed by atoms with E-state index in [0.29, 0.717) is 18.7 Å². The van der Waals surface area contributed by atoms with E-state index in [-0.39, 0.29) is 18.3 Å². The molecule has 1 N–H and O–H groups in total. The van der Waals surface area contributed by atoms with Gasteiger partial charge in [0.15, 0.2) is 6.61 Å². The van der Waals surface area contributed by atoms with Gasteiger partial charge in [-0.15, -0.1) is 0 Å². The Morgan fingerprint density at radius 1 is 1.14 bits per heavy atom. The van der Waals surface area contributed by atoms with Gasteiger partial charge in [-0.1, -0.05) is 30.3 Å². The molecule has 0 atom stereocenters. The van der Waals surface area contributed by atoms with E-state index >= 15 is 0 Å². The molecule has 0 radical (unpaired) electrons. The Morgan fingerprint density at radius 2 is 1.89 bits per heavy atom. The van der Waals surface area contributed by atoms with Gasteiger partial charge in [-0.25, -0.2) is 4.79 Å². The first-order chi connectivity index (χ1) is 13.5. The van der Waals surface area contributed by atoms with Gasteiger partial charge in [-0.3, -0.25) is 9.48 Å². The lowest BCUT2D eigenvalue weighted by molar-refractivity contribution is -0.124. The Morgan fingerprint density at radius 3 is 2.57 bits per heavy atom. The zero-order valence-corrected chi connectivity index (χ0v) is 16.2. The van der Waals surface area contributed by atoms with Crippen molar-refractivity contribution in [1.29, 1.82) is 0 Å². The molecular formula is C21H23N3O4. The number of ether oxygens (including phenoxy) is 1. The highest BCUT2D eigenvalue weighted by atomic mass is 16.5. The standard InChI is InChI=1S/C21H23N3O4/c1-14-9-10-27-20(14)21(26)28-13-19(25)22-11-18-15(2)23-24(16(18)3)12-17-7-5-4-6-8-17/h4-10H,11-13H2,1-3H3,(H,22,25). The first kappa shape index (κ1) is 19.4. The first-order valence-corrected chi connectivity index (χ1v) is 9.00. The average Bonchev–Trinajstić information content (AvgIpc) is 3.22. The van der Waals surface area contributed by atoms with Crippen molar-refractivity contribution >= 4 is 11.9 Å². The molecule has 146 valence electrons. The van der Waals surface area contributed by atoms with Gasteiger partial charge in [-0.2, -0.15) is 5.10 Å². The molecule has 1 aromatic carbocycles. The summed E-state index contributed by atoms with van der Waals surface area (Å²) in [6.45, 7) is 6.25. The summed E-state index contributed by atoms with van der Waals surface area (Å²) in [4.78, 5) is 23.9. The van der Waals surface area contributed by atoms with Crippen molar-refractivity contribution in [3.63, 3.8) is 0 Å². The molecule has 0 aliphatic rings. The molecule has 28 heavy (non-hydrogen) atoms. The zero-order chi connectivity index (χ0) is 20.1. The van der Waals surface area contributed by atoms with E-state index < -0.39 is 5.97 Å². The fourth-order valence-corrected chi connectivity index (χ4v) is 2.92. The minimum absolute atomic E-state index is 0.113. The second-order valence-corrected chi connectivity index (χ2v) is 6.58. The van der Waals surface area contributed by atoms with Crippen molar-refractivity contribution in [3.8, 4) is 0 Å². The number of nitrogens with one attached hydrogen (secondary N) is 1. The molecule has 7 nitrogen and oxygen atoms in total. The molecule has 0 bridgehead atoms. The van der Waals surface area contributed by atoms with Gasteiger partial charge < -0.3 is 14.5 Å². The van der Waals surface area contributed by atoms with Crippen LogP contribution in [0.3, 0.4) is 0 Å². The lowest BCUT2D eigenvalue weighted by atomic mass is 10.2. The number of esters is 1. The first-order valence-electron chi connectivity index (χ1n) is 9.00. The molecule has 0 spiro atoms. The summed E-state index contributed by atoms with van der Waals surface area (Å²) >= 11 is 0. The molecule has 3 aromatic rings. The third-order valence-corrected chi connectivity index (χ3v) is 4.55. The van der Waals surface area contributed by atoms with E-state index in [1.54, 1.807) is 13.0 Å². The fourth-order valence-electron chi connectivity index (χ4n) is 2.92. The Balaban J connectivity index is 1.55. The van der Waals surface area contributed by atoms with Crippen molar-refractivity contribution in [2.45, 2.75) is 33.9 Å². The molecule has 0 saturated heterocycles. The van der Waals surface area contributed by atoms with Crippen LogP contribution in [0.2, 0.25) is 0 Å². The number of carbonyl (C=O) groups excluding carboxylic acids is 2. The summed E-state index contributed by atoms with van der Waals surface area (Å²) in [5.74, 6) is -0.922. The Bertz CT molecular complexity index is 973. The smallest absolute Gasteiger partial charge is 0.375 e. The van der Waals surface area contributed by atoms with Crippen LogP contribution in [0, 0.1) is 20.8 Å². The van der Waals surface area contributed by atoms with Crippen molar-refractivity contribution in [1.82, 2.24) is 15.1 Å². The van der Waals surface area contributed by atoms with Gasteiger partial charge in [0.05, 0.1) is 18.5 Å². The van der Waals surface area contributed by atoms with E-state index in [9.17, 15) is 9.59 Å². The second-order valence-electron chi connectivity index (χ2n) is 6.58. The van der Waals surface area contributed by atoms with Crippen LogP contribution in [0.25, 0.3) is 0 Å². The summed E-state index contributed by atoms with van der Waals surface area (Å²) in [6, 6.07) is 11.7.